The van der Waals surface area contributed by atoms with Gasteiger partial charge < -0.3 is 5.11 Å². The molecule has 2 aromatic rings. The molecule has 0 aliphatic rings. The van der Waals surface area contributed by atoms with Gasteiger partial charge in [-0.15, -0.1) is 0 Å². The molecule has 1 aromatic heterocycles. The van der Waals surface area contributed by atoms with Crippen molar-refractivity contribution in [2.75, 3.05) is 0 Å². The molecule has 0 saturated carbocycles. The van der Waals surface area contributed by atoms with Gasteiger partial charge >= 0.3 is 0 Å². The van der Waals surface area contributed by atoms with E-state index in [2.05, 4.69) is 5.10 Å². The van der Waals surface area contributed by atoms with Crippen LogP contribution in [0, 0.1) is 11.6 Å². The van der Waals surface area contributed by atoms with E-state index >= 15 is 0 Å². The molecular weight excluding hydrogens is 238 g/mol. The predicted octanol–water partition coefficient (Wildman–Crippen LogP) is 2.82. The summed E-state index contributed by atoms with van der Waals surface area (Å²) in [5, 5.41) is 14.0. The Morgan fingerprint density at radius 3 is 2.33 bits per heavy atom. The van der Waals surface area contributed by atoms with Crippen LogP contribution in [-0.4, -0.2) is 14.9 Å². The summed E-state index contributed by atoms with van der Waals surface area (Å²) in [6.45, 7) is 3.85. The first kappa shape index (κ1) is 12.7. The van der Waals surface area contributed by atoms with E-state index in [-0.39, 0.29) is 11.6 Å². The third-order valence-corrected chi connectivity index (χ3v) is 2.74. The summed E-state index contributed by atoms with van der Waals surface area (Å²) in [5.74, 6) is -1.53. The minimum absolute atomic E-state index is 0.122. The first-order valence-electron chi connectivity index (χ1n) is 5.66. The Kier molecular flexibility index (Phi) is 3.43. The molecule has 0 saturated heterocycles. The third kappa shape index (κ3) is 2.26. The molecule has 2 rings (SSSR count). The van der Waals surface area contributed by atoms with Crippen molar-refractivity contribution in [1.82, 2.24) is 9.78 Å². The number of hydrogen-bond donors (Lipinski definition) is 1. The van der Waals surface area contributed by atoms with Gasteiger partial charge in [0.05, 0.1) is 11.8 Å². The van der Waals surface area contributed by atoms with Gasteiger partial charge in [-0.2, -0.15) is 5.10 Å². The zero-order chi connectivity index (χ0) is 13.3. The average Bonchev–Trinajstić information content (AvgIpc) is 2.77. The molecule has 0 aliphatic carbocycles. The smallest absolute Gasteiger partial charge is 0.132 e. The normalized spacial score (nSPS) is 13.0. The standard InChI is InChI=1S/C13H14F2N2O/c1-8(2)17-7-9(6-16-17)13(18)12-10(14)4-3-5-11(12)15/h3-8,13,18H,1-2H3. The Bertz CT molecular complexity index is 531. The number of hydrogen-bond acceptors (Lipinski definition) is 2. The van der Waals surface area contributed by atoms with Gasteiger partial charge in [-0.25, -0.2) is 8.78 Å². The number of nitrogens with zero attached hydrogens (tertiary/aromatic N) is 2. The lowest BCUT2D eigenvalue weighted by Gasteiger charge is -2.11. The molecule has 0 radical (unpaired) electrons. The lowest BCUT2D eigenvalue weighted by atomic mass is 10.0. The quantitative estimate of drug-likeness (QED) is 0.912. The molecule has 1 heterocycles. The summed E-state index contributed by atoms with van der Waals surface area (Å²) in [4.78, 5) is 0. The van der Waals surface area contributed by atoms with Gasteiger partial charge in [-0.05, 0) is 26.0 Å². The van der Waals surface area contributed by atoms with Crippen molar-refractivity contribution < 1.29 is 13.9 Å². The minimum atomic E-state index is -1.35. The summed E-state index contributed by atoms with van der Waals surface area (Å²) < 4.78 is 28.7. The van der Waals surface area contributed by atoms with E-state index in [4.69, 9.17) is 0 Å². The highest BCUT2D eigenvalue weighted by molar-refractivity contribution is 5.29. The van der Waals surface area contributed by atoms with E-state index in [1.54, 1.807) is 10.9 Å². The predicted molar refractivity (Wildman–Crippen MR) is 63.0 cm³/mol. The van der Waals surface area contributed by atoms with Crippen molar-refractivity contribution in [2.45, 2.75) is 26.0 Å². The molecular formula is C13H14F2N2O. The molecule has 1 N–H and O–H groups in total. The molecule has 96 valence electrons. The van der Waals surface area contributed by atoms with Gasteiger partial charge in [0.2, 0.25) is 0 Å². The third-order valence-electron chi connectivity index (χ3n) is 2.74. The molecule has 18 heavy (non-hydrogen) atoms. The highest BCUT2D eigenvalue weighted by Crippen LogP contribution is 2.26. The van der Waals surface area contributed by atoms with Crippen LogP contribution in [0.15, 0.2) is 30.6 Å². The van der Waals surface area contributed by atoms with Crippen LogP contribution in [0.4, 0.5) is 8.78 Å². The van der Waals surface area contributed by atoms with Gasteiger partial charge in [-0.1, -0.05) is 6.07 Å². The maximum absolute atomic E-state index is 13.5. The molecule has 0 bridgehead atoms. The van der Waals surface area contributed by atoms with Crippen molar-refractivity contribution in [3.05, 3.63) is 53.4 Å². The maximum Gasteiger partial charge on any atom is 0.132 e. The molecule has 0 fully saturated rings. The van der Waals surface area contributed by atoms with Crippen molar-refractivity contribution in [2.24, 2.45) is 0 Å². The summed E-state index contributed by atoms with van der Waals surface area (Å²) in [6.07, 6.45) is 1.65. The van der Waals surface area contributed by atoms with Crippen LogP contribution in [0.2, 0.25) is 0 Å². The van der Waals surface area contributed by atoms with Crippen LogP contribution in [0.5, 0.6) is 0 Å². The van der Waals surface area contributed by atoms with E-state index in [1.165, 1.54) is 12.3 Å². The largest absolute Gasteiger partial charge is 0.383 e. The maximum atomic E-state index is 13.5. The van der Waals surface area contributed by atoms with Gasteiger partial charge in [-0.3, -0.25) is 4.68 Å². The SMILES string of the molecule is CC(C)n1cc(C(O)c2c(F)cccc2F)cn1. The summed E-state index contributed by atoms with van der Waals surface area (Å²) in [6, 6.07) is 3.62. The van der Waals surface area contributed by atoms with Crippen molar-refractivity contribution in [3.63, 3.8) is 0 Å². The monoisotopic (exact) mass is 252 g/mol. The summed E-state index contributed by atoms with van der Waals surface area (Å²) >= 11 is 0. The highest BCUT2D eigenvalue weighted by atomic mass is 19.1. The van der Waals surface area contributed by atoms with Crippen LogP contribution < -0.4 is 0 Å². The number of aromatic nitrogens is 2. The molecule has 0 amide bonds. The van der Waals surface area contributed by atoms with Gasteiger partial charge in [0.1, 0.15) is 17.7 Å². The molecule has 0 aliphatic heterocycles. The molecule has 1 aromatic carbocycles. The fourth-order valence-electron chi connectivity index (χ4n) is 1.71. The Labute approximate surface area is 104 Å². The zero-order valence-corrected chi connectivity index (χ0v) is 10.1. The second kappa shape index (κ2) is 4.86. The molecule has 5 heteroatoms. The van der Waals surface area contributed by atoms with Crippen molar-refractivity contribution in [1.29, 1.82) is 0 Å². The number of rotatable bonds is 3. The minimum Gasteiger partial charge on any atom is -0.383 e. The zero-order valence-electron chi connectivity index (χ0n) is 10.1. The first-order valence-corrected chi connectivity index (χ1v) is 5.66. The van der Waals surface area contributed by atoms with Gasteiger partial charge in [0.25, 0.3) is 0 Å². The fourth-order valence-corrected chi connectivity index (χ4v) is 1.71. The number of aliphatic hydroxyl groups excluding tert-OH is 1. The Hall–Kier alpha value is -1.75. The van der Waals surface area contributed by atoms with Crippen LogP contribution in [0.25, 0.3) is 0 Å². The number of aliphatic hydroxyl groups is 1. The van der Waals surface area contributed by atoms with E-state index < -0.39 is 17.7 Å². The topological polar surface area (TPSA) is 38.0 Å². The average molecular weight is 252 g/mol. The number of halogens is 2. The lowest BCUT2D eigenvalue weighted by molar-refractivity contribution is 0.209. The fraction of sp³-hybridized carbons (Fsp3) is 0.308. The van der Waals surface area contributed by atoms with Crippen molar-refractivity contribution in [3.8, 4) is 0 Å². The van der Waals surface area contributed by atoms with E-state index in [1.807, 2.05) is 13.8 Å². The van der Waals surface area contributed by atoms with Crippen molar-refractivity contribution >= 4 is 0 Å². The summed E-state index contributed by atoms with van der Waals surface area (Å²) in [5.41, 5.74) is 0.0218. The second-order valence-corrected chi connectivity index (χ2v) is 4.39. The summed E-state index contributed by atoms with van der Waals surface area (Å²) in [7, 11) is 0. The Morgan fingerprint density at radius 2 is 1.83 bits per heavy atom. The van der Waals surface area contributed by atoms with Crippen LogP contribution >= 0.6 is 0 Å². The highest BCUT2D eigenvalue weighted by Gasteiger charge is 2.21. The van der Waals surface area contributed by atoms with Crippen LogP contribution in [0.3, 0.4) is 0 Å². The molecule has 0 spiro atoms. The Balaban J connectivity index is 2.38. The van der Waals surface area contributed by atoms with E-state index in [9.17, 15) is 13.9 Å². The lowest BCUT2D eigenvalue weighted by Crippen LogP contribution is -2.05. The first-order chi connectivity index (χ1) is 8.50. The molecule has 1 atom stereocenters. The number of benzene rings is 1. The molecule has 1 unspecified atom stereocenters. The van der Waals surface area contributed by atoms with Crippen LogP contribution in [-0.2, 0) is 0 Å². The van der Waals surface area contributed by atoms with E-state index in [0.29, 0.717) is 5.56 Å². The second-order valence-electron chi connectivity index (χ2n) is 4.39. The Morgan fingerprint density at radius 1 is 1.22 bits per heavy atom. The van der Waals surface area contributed by atoms with Gasteiger partial charge in [0, 0.05) is 17.8 Å². The van der Waals surface area contributed by atoms with Crippen LogP contribution in [0.1, 0.15) is 37.1 Å². The van der Waals surface area contributed by atoms with E-state index in [0.717, 1.165) is 12.1 Å². The molecule has 3 nitrogen and oxygen atoms in total. The van der Waals surface area contributed by atoms with Gasteiger partial charge in [0.15, 0.2) is 0 Å².